The molecule has 3 aromatic rings. The van der Waals surface area contributed by atoms with Gasteiger partial charge in [-0.25, -0.2) is 4.39 Å². The van der Waals surface area contributed by atoms with E-state index in [1.807, 2.05) is 24.5 Å². The molecule has 2 aromatic heterocycles. The average Bonchev–Trinajstić information content (AvgIpc) is 3.44. The van der Waals surface area contributed by atoms with Gasteiger partial charge in [-0.05, 0) is 78.1 Å². The minimum atomic E-state index is -0.214. The molecule has 0 saturated carbocycles. The van der Waals surface area contributed by atoms with Crippen molar-refractivity contribution in [1.82, 2.24) is 14.9 Å². The van der Waals surface area contributed by atoms with Crippen LogP contribution < -0.4 is 0 Å². The molecule has 2 aliphatic rings. The number of hydrogen-bond donors (Lipinski definition) is 1. The lowest BCUT2D eigenvalue weighted by Crippen LogP contribution is -2.32. The van der Waals surface area contributed by atoms with Crippen molar-refractivity contribution < 1.29 is 4.39 Å². The number of fused-ring (bicyclic) bond motifs is 1. The Balaban J connectivity index is 1.47. The molecule has 4 heterocycles. The number of benzene rings is 1. The van der Waals surface area contributed by atoms with Crippen LogP contribution in [-0.4, -0.2) is 45.0 Å². The largest absolute Gasteiger partial charge is 0.360 e. The average molecular weight is 448 g/mol. The second kappa shape index (κ2) is 9.63. The molecule has 0 radical (unpaired) electrons. The van der Waals surface area contributed by atoms with Crippen LogP contribution in [0, 0.1) is 5.82 Å². The Morgan fingerprint density at radius 3 is 2.72 bits per heavy atom. The Morgan fingerprint density at radius 2 is 1.94 bits per heavy atom. The molecule has 1 N–H and O–H groups in total. The first-order valence-electron chi connectivity index (χ1n) is 11.7. The third-order valence-electron chi connectivity index (χ3n) is 6.65. The van der Waals surface area contributed by atoms with Crippen LogP contribution in [0.2, 0.25) is 0 Å². The number of aromatic nitrogens is 2. The van der Waals surface area contributed by atoms with Crippen molar-refractivity contribution >= 4 is 17.3 Å². The number of hydrogen-bond acceptors (Lipinski definition) is 3. The highest BCUT2D eigenvalue weighted by atomic mass is 32.2. The first-order valence-corrected chi connectivity index (χ1v) is 12.7. The van der Waals surface area contributed by atoms with Crippen molar-refractivity contribution in [3.8, 4) is 22.4 Å². The van der Waals surface area contributed by atoms with E-state index in [0.29, 0.717) is 6.04 Å². The molecule has 2 atom stereocenters. The maximum absolute atomic E-state index is 13.5. The summed E-state index contributed by atoms with van der Waals surface area (Å²) in [4.78, 5) is 10.4. The van der Waals surface area contributed by atoms with Gasteiger partial charge in [0.25, 0.3) is 0 Å². The third-order valence-corrected chi connectivity index (χ3v) is 7.99. The molecule has 1 fully saturated rings. The van der Waals surface area contributed by atoms with Crippen LogP contribution in [0.4, 0.5) is 4.39 Å². The molecule has 0 aliphatic carbocycles. The Kier molecular flexibility index (Phi) is 6.47. The summed E-state index contributed by atoms with van der Waals surface area (Å²) in [6.07, 6.45) is 13.2. The number of pyridine rings is 1. The Hall–Kier alpha value is -2.37. The van der Waals surface area contributed by atoms with E-state index in [1.165, 1.54) is 60.4 Å². The number of aromatic amines is 1. The lowest BCUT2D eigenvalue weighted by Gasteiger charge is -2.28. The van der Waals surface area contributed by atoms with E-state index in [2.05, 4.69) is 58.0 Å². The van der Waals surface area contributed by atoms with E-state index in [4.69, 9.17) is 0 Å². The maximum Gasteiger partial charge on any atom is 0.123 e. The van der Waals surface area contributed by atoms with Gasteiger partial charge in [0.05, 0.1) is 5.69 Å². The zero-order valence-corrected chi connectivity index (χ0v) is 19.4. The smallest absolute Gasteiger partial charge is 0.123 e. The van der Waals surface area contributed by atoms with Crippen molar-refractivity contribution in [1.29, 1.82) is 0 Å². The summed E-state index contributed by atoms with van der Waals surface area (Å²) < 4.78 is 13.5. The number of H-pyrrole nitrogens is 1. The van der Waals surface area contributed by atoms with Crippen molar-refractivity contribution in [2.75, 3.05) is 18.8 Å². The number of nitrogens with zero attached hydrogens (tertiary/aromatic N) is 2. The summed E-state index contributed by atoms with van der Waals surface area (Å²) in [5.41, 5.74) is 7.03. The van der Waals surface area contributed by atoms with Crippen molar-refractivity contribution in [3.63, 3.8) is 0 Å². The summed E-state index contributed by atoms with van der Waals surface area (Å²) in [5.74, 6) is 1.07. The zero-order chi connectivity index (χ0) is 21.9. The number of unbranched alkanes of at least 4 members (excludes halogenated alkanes) is 1. The van der Waals surface area contributed by atoms with Gasteiger partial charge in [-0.3, -0.25) is 9.88 Å². The normalized spacial score (nSPS) is 20.9. The molecule has 1 saturated heterocycles. The molecule has 2 unspecified atom stereocenters. The third kappa shape index (κ3) is 4.41. The summed E-state index contributed by atoms with van der Waals surface area (Å²) in [7, 11) is 0. The SMILES string of the molecule is CCCCSC1CC2C=C(c3c[nH]c(-c4ccc(F)cc4)c3-c3ccncc3)CCN2C1. The summed E-state index contributed by atoms with van der Waals surface area (Å²) in [5, 5.41) is 0.753. The van der Waals surface area contributed by atoms with E-state index in [1.54, 1.807) is 0 Å². The van der Waals surface area contributed by atoms with Gasteiger partial charge in [-0.2, -0.15) is 11.8 Å². The van der Waals surface area contributed by atoms with Crippen LogP contribution in [0.3, 0.4) is 0 Å². The first kappa shape index (κ1) is 21.5. The van der Waals surface area contributed by atoms with Gasteiger partial charge in [0, 0.05) is 54.1 Å². The van der Waals surface area contributed by atoms with Crippen LogP contribution in [0.1, 0.15) is 38.2 Å². The Labute approximate surface area is 194 Å². The number of nitrogens with one attached hydrogen (secondary N) is 1. The first-order chi connectivity index (χ1) is 15.7. The molecule has 0 bridgehead atoms. The Bertz CT molecular complexity index is 1070. The molecule has 166 valence electrons. The van der Waals surface area contributed by atoms with Gasteiger partial charge in [0.2, 0.25) is 0 Å². The van der Waals surface area contributed by atoms with Gasteiger partial charge >= 0.3 is 0 Å². The fourth-order valence-electron chi connectivity index (χ4n) is 4.98. The highest BCUT2D eigenvalue weighted by molar-refractivity contribution is 7.99. The summed E-state index contributed by atoms with van der Waals surface area (Å²) in [6, 6.07) is 11.4. The molecule has 0 amide bonds. The van der Waals surface area contributed by atoms with Gasteiger partial charge in [-0.15, -0.1) is 0 Å². The number of halogens is 1. The quantitative estimate of drug-likeness (QED) is 0.412. The standard InChI is InChI=1S/C27H30FN3S/c1-2-3-14-32-24-16-23-15-21(10-13-31(23)18-24)25-17-30-27(20-4-6-22(28)7-5-20)26(25)19-8-11-29-12-9-19/h4-9,11-12,15,17,23-24,30H,2-3,10,13-14,16,18H2,1H3. The lowest BCUT2D eigenvalue weighted by atomic mass is 9.90. The van der Waals surface area contributed by atoms with Gasteiger partial charge in [0.1, 0.15) is 5.82 Å². The maximum atomic E-state index is 13.5. The van der Waals surface area contributed by atoms with Crippen LogP contribution in [0.5, 0.6) is 0 Å². The fourth-order valence-corrected chi connectivity index (χ4v) is 6.40. The van der Waals surface area contributed by atoms with Crippen molar-refractivity contribution in [2.24, 2.45) is 0 Å². The number of rotatable bonds is 7. The summed E-state index contributed by atoms with van der Waals surface area (Å²) >= 11 is 2.16. The number of thioether (sulfide) groups is 1. The molecule has 1 aromatic carbocycles. The minimum absolute atomic E-state index is 0.214. The van der Waals surface area contributed by atoms with Crippen molar-refractivity contribution in [3.05, 3.63) is 72.4 Å². The Morgan fingerprint density at radius 1 is 1.12 bits per heavy atom. The van der Waals surface area contributed by atoms with Crippen molar-refractivity contribution in [2.45, 2.75) is 43.9 Å². The topological polar surface area (TPSA) is 31.9 Å². The second-order valence-electron chi connectivity index (χ2n) is 8.78. The summed E-state index contributed by atoms with van der Waals surface area (Å²) in [6.45, 7) is 4.60. The van der Waals surface area contributed by atoms with Gasteiger partial charge in [0.15, 0.2) is 0 Å². The molecule has 2 aliphatic heterocycles. The highest BCUT2D eigenvalue weighted by Gasteiger charge is 2.34. The predicted octanol–water partition coefficient (Wildman–Crippen LogP) is 6.65. The van der Waals surface area contributed by atoms with E-state index in [-0.39, 0.29) is 5.82 Å². The van der Waals surface area contributed by atoms with E-state index >= 15 is 0 Å². The fraction of sp³-hybridized carbons (Fsp3) is 0.370. The molecule has 5 heteroatoms. The molecular formula is C27H30FN3S. The predicted molar refractivity (Wildman–Crippen MR) is 133 cm³/mol. The van der Waals surface area contributed by atoms with E-state index in [0.717, 1.165) is 35.0 Å². The van der Waals surface area contributed by atoms with Gasteiger partial charge < -0.3 is 4.98 Å². The van der Waals surface area contributed by atoms with E-state index in [9.17, 15) is 4.39 Å². The zero-order valence-electron chi connectivity index (χ0n) is 18.6. The monoisotopic (exact) mass is 447 g/mol. The van der Waals surface area contributed by atoms with Crippen LogP contribution in [0.25, 0.3) is 28.0 Å². The minimum Gasteiger partial charge on any atom is -0.360 e. The second-order valence-corrected chi connectivity index (χ2v) is 10.2. The molecule has 32 heavy (non-hydrogen) atoms. The molecule has 0 spiro atoms. The molecule has 3 nitrogen and oxygen atoms in total. The van der Waals surface area contributed by atoms with Crippen LogP contribution in [-0.2, 0) is 0 Å². The molecular weight excluding hydrogens is 417 g/mol. The van der Waals surface area contributed by atoms with Crippen LogP contribution in [0.15, 0.2) is 61.1 Å². The highest BCUT2D eigenvalue weighted by Crippen LogP contribution is 2.41. The lowest BCUT2D eigenvalue weighted by molar-refractivity contribution is 0.288. The van der Waals surface area contributed by atoms with Gasteiger partial charge in [-0.1, -0.05) is 19.4 Å². The van der Waals surface area contributed by atoms with Crippen LogP contribution >= 0.6 is 11.8 Å². The molecule has 5 rings (SSSR count). The van der Waals surface area contributed by atoms with E-state index < -0.39 is 0 Å².